The van der Waals surface area contributed by atoms with Crippen molar-refractivity contribution in [2.24, 2.45) is 0 Å². The molecule has 0 aliphatic heterocycles. The maximum absolute atomic E-state index is 6.15. The Morgan fingerprint density at radius 1 is 1.20 bits per heavy atom. The molecule has 2 rings (SSSR count). The van der Waals surface area contributed by atoms with Crippen LogP contribution < -0.4 is 5.32 Å². The van der Waals surface area contributed by atoms with E-state index in [0.717, 1.165) is 29.9 Å². The third kappa shape index (κ3) is 3.92. The van der Waals surface area contributed by atoms with Crippen LogP contribution in [0.2, 0.25) is 10.0 Å². The van der Waals surface area contributed by atoms with Crippen LogP contribution in [-0.4, -0.2) is 16.5 Å². The highest BCUT2D eigenvalue weighted by Crippen LogP contribution is 2.21. The molecule has 20 heavy (non-hydrogen) atoms. The standard InChI is InChI=1S/C15H17Cl2N3/c1-10(15-11(2)19-7-8-20-15)18-6-5-12-3-4-13(16)9-14(12)17/h3-4,7-10,18H,5-6H2,1-2H3. The minimum absolute atomic E-state index is 0.162. The molecule has 0 fully saturated rings. The van der Waals surface area contributed by atoms with Gasteiger partial charge in [0.2, 0.25) is 0 Å². The van der Waals surface area contributed by atoms with Crippen LogP contribution in [0.25, 0.3) is 0 Å². The van der Waals surface area contributed by atoms with Gasteiger partial charge in [0.1, 0.15) is 0 Å². The Kier molecular flexibility index (Phi) is 5.35. The van der Waals surface area contributed by atoms with Gasteiger partial charge < -0.3 is 5.32 Å². The number of nitrogens with zero attached hydrogens (tertiary/aromatic N) is 2. The number of hydrogen-bond acceptors (Lipinski definition) is 3. The number of halogens is 2. The maximum atomic E-state index is 6.15. The number of rotatable bonds is 5. The summed E-state index contributed by atoms with van der Waals surface area (Å²) in [4.78, 5) is 8.62. The van der Waals surface area contributed by atoms with Gasteiger partial charge in [-0.05, 0) is 44.5 Å². The van der Waals surface area contributed by atoms with E-state index in [0.29, 0.717) is 10.0 Å². The molecule has 0 amide bonds. The average molecular weight is 310 g/mol. The lowest BCUT2D eigenvalue weighted by molar-refractivity contribution is 0.558. The Balaban J connectivity index is 1.91. The van der Waals surface area contributed by atoms with Gasteiger partial charge in [-0.15, -0.1) is 0 Å². The van der Waals surface area contributed by atoms with Crippen LogP contribution in [0.15, 0.2) is 30.6 Å². The second kappa shape index (κ2) is 7.02. The van der Waals surface area contributed by atoms with Crippen LogP contribution in [0.1, 0.15) is 29.9 Å². The smallest absolute Gasteiger partial charge is 0.0782 e. The minimum atomic E-state index is 0.162. The van der Waals surface area contributed by atoms with E-state index in [1.807, 2.05) is 19.1 Å². The van der Waals surface area contributed by atoms with E-state index in [1.165, 1.54) is 0 Å². The summed E-state index contributed by atoms with van der Waals surface area (Å²) in [6.07, 6.45) is 4.27. The Bertz CT molecular complexity index is 587. The molecule has 106 valence electrons. The van der Waals surface area contributed by atoms with E-state index in [9.17, 15) is 0 Å². The summed E-state index contributed by atoms with van der Waals surface area (Å²) in [6.45, 7) is 4.87. The molecule has 3 nitrogen and oxygen atoms in total. The topological polar surface area (TPSA) is 37.8 Å². The Labute approximate surface area is 129 Å². The molecule has 0 spiro atoms. The number of aryl methyl sites for hydroxylation is 1. The highest BCUT2D eigenvalue weighted by Gasteiger charge is 2.10. The van der Waals surface area contributed by atoms with Crippen molar-refractivity contribution in [2.75, 3.05) is 6.54 Å². The third-order valence-corrected chi connectivity index (χ3v) is 3.78. The predicted molar refractivity (Wildman–Crippen MR) is 83.4 cm³/mol. The molecule has 1 aromatic carbocycles. The molecule has 1 aromatic heterocycles. The van der Waals surface area contributed by atoms with E-state index in [1.54, 1.807) is 18.5 Å². The van der Waals surface area contributed by atoms with E-state index in [-0.39, 0.29) is 6.04 Å². The fourth-order valence-corrected chi connectivity index (χ4v) is 2.59. The lowest BCUT2D eigenvalue weighted by Gasteiger charge is -2.15. The largest absolute Gasteiger partial charge is 0.308 e. The Morgan fingerprint density at radius 3 is 2.65 bits per heavy atom. The average Bonchev–Trinajstić information content (AvgIpc) is 2.41. The predicted octanol–water partition coefficient (Wildman–Crippen LogP) is 3.99. The molecule has 2 aromatic rings. The van der Waals surface area contributed by atoms with Crippen molar-refractivity contribution in [3.8, 4) is 0 Å². The number of aromatic nitrogens is 2. The number of hydrogen-bond donors (Lipinski definition) is 1. The zero-order chi connectivity index (χ0) is 14.5. The third-order valence-electron chi connectivity index (χ3n) is 3.19. The summed E-state index contributed by atoms with van der Waals surface area (Å²) in [5.41, 5.74) is 3.03. The van der Waals surface area contributed by atoms with Crippen molar-refractivity contribution in [3.05, 3.63) is 57.6 Å². The molecular formula is C15H17Cl2N3. The molecule has 5 heteroatoms. The first kappa shape index (κ1) is 15.2. The summed E-state index contributed by atoms with van der Waals surface area (Å²) in [5.74, 6) is 0. The highest BCUT2D eigenvalue weighted by atomic mass is 35.5. The van der Waals surface area contributed by atoms with Gasteiger partial charge in [-0.1, -0.05) is 29.3 Å². The maximum Gasteiger partial charge on any atom is 0.0782 e. The van der Waals surface area contributed by atoms with Crippen LogP contribution in [0, 0.1) is 6.92 Å². The SMILES string of the molecule is Cc1nccnc1C(C)NCCc1ccc(Cl)cc1Cl. The molecule has 0 aliphatic carbocycles. The zero-order valence-corrected chi connectivity index (χ0v) is 13.0. The first-order valence-corrected chi connectivity index (χ1v) is 7.28. The first-order chi connectivity index (χ1) is 9.58. The van der Waals surface area contributed by atoms with Crippen LogP contribution in [-0.2, 0) is 6.42 Å². The second-order valence-electron chi connectivity index (χ2n) is 4.69. The van der Waals surface area contributed by atoms with Crippen LogP contribution in [0.4, 0.5) is 0 Å². The van der Waals surface area contributed by atoms with Gasteiger partial charge in [-0.25, -0.2) is 0 Å². The van der Waals surface area contributed by atoms with E-state index in [2.05, 4.69) is 22.2 Å². The number of nitrogens with one attached hydrogen (secondary N) is 1. The van der Waals surface area contributed by atoms with Crippen LogP contribution in [0.5, 0.6) is 0 Å². The summed E-state index contributed by atoms with van der Waals surface area (Å²) < 4.78 is 0. The molecule has 0 bridgehead atoms. The summed E-state index contributed by atoms with van der Waals surface area (Å²) in [7, 11) is 0. The molecule has 1 unspecified atom stereocenters. The first-order valence-electron chi connectivity index (χ1n) is 6.52. The van der Waals surface area contributed by atoms with Crippen molar-refractivity contribution in [1.29, 1.82) is 0 Å². The summed E-state index contributed by atoms with van der Waals surface area (Å²) in [6, 6.07) is 5.76. The van der Waals surface area contributed by atoms with Crippen LogP contribution in [0.3, 0.4) is 0 Å². The lowest BCUT2D eigenvalue weighted by atomic mass is 10.1. The van der Waals surface area contributed by atoms with Crippen LogP contribution >= 0.6 is 23.2 Å². The molecule has 0 saturated heterocycles. The van der Waals surface area contributed by atoms with Gasteiger partial charge in [0.25, 0.3) is 0 Å². The second-order valence-corrected chi connectivity index (χ2v) is 5.53. The molecule has 1 atom stereocenters. The highest BCUT2D eigenvalue weighted by molar-refractivity contribution is 6.35. The summed E-state index contributed by atoms with van der Waals surface area (Å²) >= 11 is 12.0. The van der Waals surface area contributed by atoms with Gasteiger partial charge in [0.05, 0.1) is 11.4 Å². The van der Waals surface area contributed by atoms with Gasteiger partial charge in [0, 0.05) is 28.5 Å². The van der Waals surface area contributed by atoms with E-state index < -0.39 is 0 Å². The minimum Gasteiger partial charge on any atom is -0.308 e. The fourth-order valence-electron chi connectivity index (χ4n) is 2.09. The van der Waals surface area contributed by atoms with E-state index >= 15 is 0 Å². The Morgan fingerprint density at radius 2 is 1.95 bits per heavy atom. The van der Waals surface area contributed by atoms with Crippen molar-refractivity contribution < 1.29 is 0 Å². The van der Waals surface area contributed by atoms with E-state index in [4.69, 9.17) is 23.2 Å². The normalized spacial score (nSPS) is 12.4. The van der Waals surface area contributed by atoms with Gasteiger partial charge in [-0.2, -0.15) is 0 Å². The van der Waals surface area contributed by atoms with Gasteiger partial charge in [0.15, 0.2) is 0 Å². The number of benzene rings is 1. The van der Waals surface area contributed by atoms with Gasteiger partial charge >= 0.3 is 0 Å². The molecular weight excluding hydrogens is 293 g/mol. The molecule has 1 heterocycles. The van der Waals surface area contributed by atoms with Crippen molar-refractivity contribution >= 4 is 23.2 Å². The Hall–Kier alpha value is -1.16. The monoisotopic (exact) mass is 309 g/mol. The van der Waals surface area contributed by atoms with Crippen molar-refractivity contribution in [1.82, 2.24) is 15.3 Å². The fraction of sp³-hybridized carbons (Fsp3) is 0.333. The zero-order valence-electron chi connectivity index (χ0n) is 11.5. The molecule has 0 radical (unpaired) electrons. The molecule has 0 aliphatic rings. The summed E-state index contributed by atoms with van der Waals surface area (Å²) in [5, 5.41) is 4.81. The quantitative estimate of drug-likeness (QED) is 0.907. The molecule has 1 N–H and O–H groups in total. The lowest BCUT2D eigenvalue weighted by Crippen LogP contribution is -2.23. The van der Waals surface area contributed by atoms with Crippen molar-refractivity contribution in [2.45, 2.75) is 26.3 Å². The van der Waals surface area contributed by atoms with Crippen molar-refractivity contribution in [3.63, 3.8) is 0 Å². The van der Waals surface area contributed by atoms with Gasteiger partial charge in [-0.3, -0.25) is 9.97 Å². The molecule has 0 saturated carbocycles.